The zero-order chi connectivity index (χ0) is 19.8. The van der Waals surface area contributed by atoms with Crippen molar-refractivity contribution in [2.45, 2.75) is 44.4 Å². The van der Waals surface area contributed by atoms with Gasteiger partial charge in [0.25, 0.3) is 5.91 Å². The minimum absolute atomic E-state index is 0.0274. The fourth-order valence-corrected chi connectivity index (χ4v) is 4.65. The summed E-state index contributed by atoms with van der Waals surface area (Å²) in [6.45, 7) is 2.68. The molecule has 2 saturated heterocycles. The Bertz CT molecular complexity index is 811. The van der Waals surface area contributed by atoms with Gasteiger partial charge in [0, 0.05) is 50.8 Å². The predicted octanol–water partition coefficient (Wildman–Crippen LogP) is -0.411. The number of carbonyl (C=O) groups is 3. The molecule has 3 aliphatic heterocycles. The lowest BCUT2D eigenvalue weighted by atomic mass is 10.0. The quantitative estimate of drug-likeness (QED) is 0.593. The number of fused-ring (bicyclic) bond motifs is 1. The molecule has 0 aromatic heterocycles. The van der Waals surface area contributed by atoms with Crippen LogP contribution in [-0.2, 0) is 22.7 Å². The Morgan fingerprint density at radius 3 is 2.79 bits per heavy atom. The van der Waals surface area contributed by atoms with Gasteiger partial charge < -0.3 is 15.7 Å². The number of hydrogen-bond acceptors (Lipinski definition) is 6. The first-order valence-corrected chi connectivity index (χ1v) is 9.82. The number of piperidine rings is 1. The van der Waals surface area contributed by atoms with Gasteiger partial charge in [-0.1, -0.05) is 18.2 Å². The molecular weight excluding hydrogens is 360 g/mol. The molecule has 4 rings (SSSR count). The summed E-state index contributed by atoms with van der Waals surface area (Å²) >= 11 is 0. The van der Waals surface area contributed by atoms with Crippen molar-refractivity contribution in [3.8, 4) is 0 Å². The van der Waals surface area contributed by atoms with Gasteiger partial charge >= 0.3 is 0 Å². The lowest BCUT2D eigenvalue weighted by Crippen LogP contribution is -2.52. The number of imide groups is 1. The summed E-state index contributed by atoms with van der Waals surface area (Å²) in [6, 6.07) is 5.25. The van der Waals surface area contributed by atoms with E-state index >= 15 is 0 Å². The van der Waals surface area contributed by atoms with Gasteiger partial charge in [-0.3, -0.25) is 24.6 Å². The van der Waals surface area contributed by atoms with Crippen LogP contribution in [0.3, 0.4) is 0 Å². The number of nitrogens with one attached hydrogen (secondary N) is 1. The first-order chi connectivity index (χ1) is 13.5. The van der Waals surface area contributed by atoms with E-state index in [0.29, 0.717) is 31.5 Å². The van der Waals surface area contributed by atoms with E-state index in [9.17, 15) is 19.5 Å². The van der Waals surface area contributed by atoms with Gasteiger partial charge in [0.2, 0.25) is 11.8 Å². The van der Waals surface area contributed by atoms with Crippen molar-refractivity contribution in [2.24, 2.45) is 11.7 Å². The second kappa shape index (κ2) is 7.62. The Hall–Kier alpha value is -2.29. The van der Waals surface area contributed by atoms with Crippen LogP contribution in [-0.4, -0.2) is 64.4 Å². The van der Waals surface area contributed by atoms with Gasteiger partial charge in [-0.15, -0.1) is 0 Å². The number of aliphatic hydroxyl groups is 1. The lowest BCUT2D eigenvalue weighted by Gasteiger charge is -2.29. The zero-order valence-electron chi connectivity index (χ0n) is 15.8. The average molecular weight is 386 g/mol. The van der Waals surface area contributed by atoms with Crippen LogP contribution in [0.2, 0.25) is 0 Å². The highest BCUT2D eigenvalue weighted by molar-refractivity contribution is 6.05. The number of benzene rings is 1. The minimum Gasteiger partial charge on any atom is -0.396 e. The van der Waals surface area contributed by atoms with E-state index in [1.807, 2.05) is 18.2 Å². The predicted molar refractivity (Wildman–Crippen MR) is 101 cm³/mol. The van der Waals surface area contributed by atoms with Gasteiger partial charge in [0.15, 0.2) is 0 Å². The molecule has 0 aliphatic carbocycles. The molecular formula is C20H26N4O4. The molecule has 3 heterocycles. The summed E-state index contributed by atoms with van der Waals surface area (Å²) in [7, 11) is 0. The van der Waals surface area contributed by atoms with Crippen LogP contribution < -0.4 is 11.1 Å². The number of rotatable bonds is 5. The molecule has 150 valence electrons. The number of carbonyl (C=O) groups excluding carboxylic acids is 3. The van der Waals surface area contributed by atoms with Crippen molar-refractivity contribution in [3.63, 3.8) is 0 Å². The van der Waals surface area contributed by atoms with Crippen LogP contribution in [0.1, 0.15) is 40.7 Å². The minimum atomic E-state index is -0.598. The molecule has 0 spiro atoms. The fourth-order valence-electron chi connectivity index (χ4n) is 4.65. The Morgan fingerprint density at radius 1 is 1.21 bits per heavy atom. The largest absolute Gasteiger partial charge is 0.396 e. The van der Waals surface area contributed by atoms with Crippen LogP contribution in [0.5, 0.6) is 0 Å². The molecule has 1 aromatic carbocycles. The third-order valence-electron chi connectivity index (χ3n) is 6.10. The monoisotopic (exact) mass is 386 g/mol. The Labute approximate surface area is 163 Å². The van der Waals surface area contributed by atoms with Gasteiger partial charge in [-0.2, -0.15) is 0 Å². The molecule has 0 radical (unpaired) electrons. The Balaban J connectivity index is 1.51. The molecule has 4 N–H and O–H groups in total. The SMILES string of the molecule is N[C@@H]1CN(Cc2cccc3c2C(=O)N(C2CCC(=O)NC2=O)C3)C[C@H]1CCO. The average Bonchev–Trinajstić information content (AvgIpc) is 3.16. The van der Waals surface area contributed by atoms with E-state index < -0.39 is 11.9 Å². The van der Waals surface area contributed by atoms with Crippen LogP contribution in [0.4, 0.5) is 0 Å². The van der Waals surface area contributed by atoms with Gasteiger partial charge in [0.05, 0.1) is 0 Å². The number of nitrogens with two attached hydrogens (primary N) is 1. The Morgan fingerprint density at radius 2 is 2.04 bits per heavy atom. The maximum absolute atomic E-state index is 13.1. The molecule has 28 heavy (non-hydrogen) atoms. The maximum Gasteiger partial charge on any atom is 0.255 e. The van der Waals surface area contributed by atoms with E-state index in [-0.39, 0.29) is 36.8 Å². The van der Waals surface area contributed by atoms with Crippen molar-refractivity contribution in [3.05, 3.63) is 34.9 Å². The van der Waals surface area contributed by atoms with Crippen molar-refractivity contribution >= 4 is 17.7 Å². The number of likely N-dealkylation sites (tertiary alicyclic amines) is 1. The second-order valence-electron chi connectivity index (χ2n) is 7.98. The summed E-state index contributed by atoms with van der Waals surface area (Å²) in [5, 5.41) is 11.5. The molecule has 2 fully saturated rings. The second-order valence-corrected chi connectivity index (χ2v) is 7.98. The third kappa shape index (κ3) is 3.43. The van der Waals surface area contributed by atoms with Crippen molar-refractivity contribution in [1.29, 1.82) is 0 Å². The highest BCUT2D eigenvalue weighted by atomic mass is 16.3. The molecule has 3 atom stereocenters. The van der Waals surface area contributed by atoms with E-state index in [0.717, 1.165) is 24.2 Å². The maximum atomic E-state index is 13.1. The highest BCUT2D eigenvalue weighted by Crippen LogP contribution is 2.31. The van der Waals surface area contributed by atoms with Crippen LogP contribution in [0, 0.1) is 5.92 Å². The first-order valence-electron chi connectivity index (χ1n) is 9.82. The van der Waals surface area contributed by atoms with E-state index in [2.05, 4.69) is 10.2 Å². The summed E-state index contributed by atoms with van der Waals surface area (Å²) in [4.78, 5) is 40.6. The van der Waals surface area contributed by atoms with E-state index in [1.54, 1.807) is 4.90 Å². The topological polar surface area (TPSA) is 116 Å². The van der Waals surface area contributed by atoms with Crippen LogP contribution in [0.15, 0.2) is 18.2 Å². The van der Waals surface area contributed by atoms with Gasteiger partial charge in [0.1, 0.15) is 6.04 Å². The number of nitrogens with zero attached hydrogens (tertiary/aromatic N) is 2. The molecule has 8 nitrogen and oxygen atoms in total. The van der Waals surface area contributed by atoms with Gasteiger partial charge in [-0.25, -0.2) is 0 Å². The number of aliphatic hydroxyl groups excluding tert-OH is 1. The first kappa shape index (κ1) is 19.0. The molecule has 0 saturated carbocycles. The molecule has 0 bridgehead atoms. The van der Waals surface area contributed by atoms with Gasteiger partial charge in [-0.05, 0) is 29.9 Å². The fraction of sp³-hybridized carbons (Fsp3) is 0.550. The number of amides is 3. The highest BCUT2D eigenvalue weighted by Gasteiger charge is 2.40. The third-order valence-corrected chi connectivity index (χ3v) is 6.10. The normalized spacial score (nSPS) is 28.0. The molecule has 3 aliphatic rings. The van der Waals surface area contributed by atoms with E-state index in [4.69, 9.17) is 5.73 Å². The van der Waals surface area contributed by atoms with Crippen LogP contribution in [0.25, 0.3) is 0 Å². The molecule has 1 aromatic rings. The summed E-state index contributed by atoms with van der Waals surface area (Å²) in [6.07, 6.45) is 1.30. The summed E-state index contributed by atoms with van der Waals surface area (Å²) < 4.78 is 0. The van der Waals surface area contributed by atoms with Crippen molar-refractivity contribution in [2.75, 3.05) is 19.7 Å². The summed E-state index contributed by atoms with van der Waals surface area (Å²) in [5.74, 6) is -0.557. The number of hydrogen-bond donors (Lipinski definition) is 3. The lowest BCUT2D eigenvalue weighted by molar-refractivity contribution is -0.136. The molecule has 8 heteroatoms. The standard InChI is InChI=1S/C20H26N4O4/c21-15-11-23(8-12(15)6-7-25)9-13-2-1-3-14-10-24(20(28)18(13)14)16-4-5-17(26)22-19(16)27/h1-3,12,15-16,25H,4-11,21H2,(H,22,26,27)/t12-,15-,16?/m1/s1. The smallest absolute Gasteiger partial charge is 0.255 e. The summed E-state index contributed by atoms with van der Waals surface area (Å²) in [5.41, 5.74) is 8.73. The molecule has 1 unspecified atom stereocenters. The van der Waals surface area contributed by atoms with E-state index in [1.165, 1.54) is 0 Å². The Kier molecular flexibility index (Phi) is 5.18. The zero-order valence-corrected chi connectivity index (χ0v) is 15.8. The molecule has 3 amide bonds. The van der Waals surface area contributed by atoms with Crippen molar-refractivity contribution in [1.82, 2.24) is 15.1 Å². The van der Waals surface area contributed by atoms with Crippen molar-refractivity contribution < 1.29 is 19.5 Å². The van der Waals surface area contributed by atoms with Crippen LogP contribution >= 0.6 is 0 Å².